The Labute approximate surface area is 120 Å². The summed E-state index contributed by atoms with van der Waals surface area (Å²) in [5, 5.41) is 4.91. The maximum absolute atomic E-state index is 6.24. The summed E-state index contributed by atoms with van der Waals surface area (Å²) in [5.74, 6) is 0.743. The fraction of sp³-hybridized carbons (Fsp3) is 0.600. The summed E-state index contributed by atoms with van der Waals surface area (Å²) < 4.78 is 0. The molecule has 1 fully saturated rings. The van der Waals surface area contributed by atoms with Crippen LogP contribution in [0.5, 0.6) is 0 Å². The van der Waals surface area contributed by atoms with E-state index in [1.807, 2.05) is 18.2 Å². The summed E-state index contributed by atoms with van der Waals surface area (Å²) >= 11 is 12.3. The number of hydrogen-bond acceptors (Lipinski definition) is 1. The Morgan fingerprint density at radius 1 is 1.22 bits per heavy atom. The van der Waals surface area contributed by atoms with Gasteiger partial charge in [-0.1, -0.05) is 49.2 Å². The van der Waals surface area contributed by atoms with Crippen molar-refractivity contribution in [1.82, 2.24) is 5.32 Å². The van der Waals surface area contributed by atoms with Crippen LogP contribution < -0.4 is 5.32 Å². The standard InChI is InChI=1S/C15H21Cl2N/c1-10(2)15(7-8-15)9-18-11(3)12-5-4-6-13(16)14(12)17/h4-6,10-11,18H,7-9H2,1-3H3. The van der Waals surface area contributed by atoms with E-state index >= 15 is 0 Å². The molecule has 1 aliphatic carbocycles. The zero-order chi connectivity index (χ0) is 13.3. The molecule has 2 rings (SSSR count). The van der Waals surface area contributed by atoms with Crippen LogP contribution in [0.15, 0.2) is 18.2 Å². The molecule has 0 heterocycles. The highest BCUT2D eigenvalue weighted by atomic mass is 35.5. The lowest BCUT2D eigenvalue weighted by Crippen LogP contribution is -2.29. The van der Waals surface area contributed by atoms with Crippen molar-refractivity contribution < 1.29 is 0 Å². The molecule has 100 valence electrons. The van der Waals surface area contributed by atoms with Crippen molar-refractivity contribution in [3.05, 3.63) is 33.8 Å². The maximum Gasteiger partial charge on any atom is 0.0639 e. The van der Waals surface area contributed by atoms with E-state index < -0.39 is 0 Å². The number of hydrogen-bond donors (Lipinski definition) is 1. The highest BCUT2D eigenvalue weighted by molar-refractivity contribution is 6.42. The van der Waals surface area contributed by atoms with Gasteiger partial charge in [-0.05, 0) is 42.7 Å². The Kier molecular flexibility index (Phi) is 4.25. The van der Waals surface area contributed by atoms with Crippen LogP contribution in [0.4, 0.5) is 0 Å². The van der Waals surface area contributed by atoms with E-state index in [0.29, 0.717) is 15.5 Å². The van der Waals surface area contributed by atoms with E-state index in [9.17, 15) is 0 Å². The van der Waals surface area contributed by atoms with Gasteiger partial charge < -0.3 is 5.32 Å². The first kappa shape index (κ1) is 14.2. The van der Waals surface area contributed by atoms with Crippen molar-refractivity contribution in [2.75, 3.05) is 6.54 Å². The minimum absolute atomic E-state index is 0.243. The molecular weight excluding hydrogens is 265 g/mol. The van der Waals surface area contributed by atoms with E-state index in [1.165, 1.54) is 12.8 Å². The Balaban J connectivity index is 2.00. The quantitative estimate of drug-likeness (QED) is 0.796. The highest BCUT2D eigenvalue weighted by Crippen LogP contribution is 2.51. The first-order chi connectivity index (χ1) is 8.46. The second kappa shape index (κ2) is 5.40. The van der Waals surface area contributed by atoms with Crippen LogP contribution in [-0.2, 0) is 0 Å². The second-order valence-electron chi connectivity index (χ2n) is 5.76. The van der Waals surface area contributed by atoms with Crippen LogP contribution >= 0.6 is 23.2 Å². The third-order valence-electron chi connectivity index (χ3n) is 4.33. The molecule has 18 heavy (non-hydrogen) atoms. The number of benzene rings is 1. The first-order valence-corrected chi connectivity index (χ1v) is 7.39. The van der Waals surface area contributed by atoms with Crippen LogP contribution in [-0.4, -0.2) is 6.54 Å². The largest absolute Gasteiger partial charge is 0.310 e. The fourth-order valence-electron chi connectivity index (χ4n) is 2.44. The molecule has 1 aromatic rings. The molecule has 0 aliphatic heterocycles. The van der Waals surface area contributed by atoms with Gasteiger partial charge in [-0.25, -0.2) is 0 Å². The SMILES string of the molecule is CC(NCC1(C(C)C)CC1)c1cccc(Cl)c1Cl. The van der Waals surface area contributed by atoms with Crippen LogP contribution in [0.1, 0.15) is 45.2 Å². The van der Waals surface area contributed by atoms with E-state index in [2.05, 4.69) is 26.1 Å². The Bertz CT molecular complexity index is 425. The smallest absolute Gasteiger partial charge is 0.0639 e. The van der Waals surface area contributed by atoms with Gasteiger partial charge in [0.25, 0.3) is 0 Å². The lowest BCUT2D eigenvalue weighted by atomic mass is 9.92. The monoisotopic (exact) mass is 285 g/mol. The summed E-state index contributed by atoms with van der Waals surface area (Å²) in [4.78, 5) is 0. The zero-order valence-corrected chi connectivity index (χ0v) is 12.8. The molecule has 3 heteroatoms. The van der Waals surface area contributed by atoms with Gasteiger partial charge in [0.15, 0.2) is 0 Å². The predicted octanol–water partition coefficient (Wildman–Crippen LogP) is 5.08. The molecule has 1 nitrogen and oxygen atoms in total. The van der Waals surface area contributed by atoms with E-state index in [0.717, 1.165) is 18.0 Å². The average molecular weight is 286 g/mol. The normalized spacial score (nSPS) is 19.0. The predicted molar refractivity (Wildman–Crippen MR) is 79.4 cm³/mol. The topological polar surface area (TPSA) is 12.0 Å². The van der Waals surface area contributed by atoms with Crippen molar-refractivity contribution in [1.29, 1.82) is 0 Å². The summed E-state index contributed by atoms with van der Waals surface area (Å²) in [5.41, 5.74) is 1.60. The van der Waals surface area contributed by atoms with Gasteiger partial charge in [0.05, 0.1) is 10.0 Å². The van der Waals surface area contributed by atoms with E-state index in [-0.39, 0.29) is 6.04 Å². The summed E-state index contributed by atoms with van der Waals surface area (Å²) in [6.07, 6.45) is 2.68. The Hall–Kier alpha value is -0.240. The molecule has 0 radical (unpaired) electrons. The molecule has 1 N–H and O–H groups in total. The van der Waals surface area contributed by atoms with Crippen LogP contribution in [0, 0.1) is 11.3 Å². The third-order valence-corrected chi connectivity index (χ3v) is 5.16. The molecule has 0 spiro atoms. The van der Waals surface area contributed by atoms with Crippen LogP contribution in [0.25, 0.3) is 0 Å². The minimum atomic E-state index is 0.243. The van der Waals surface area contributed by atoms with Gasteiger partial charge in [0.1, 0.15) is 0 Å². The van der Waals surface area contributed by atoms with Gasteiger partial charge in [-0.15, -0.1) is 0 Å². The van der Waals surface area contributed by atoms with E-state index in [4.69, 9.17) is 23.2 Å². The molecule has 1 atom stereocenters. The lowest BCUT2D eigenvalue weighted by Gasteiger charge is -2.24. The second-order valence-corrected chi connectivity index (χ2v) is 6.55. The van der Waals surface area contributed by atoms with Crippen molar-refractivity contribution in [2.45, 2.75) is 39.7 Å². The van der Waals surface area contributed by atoms with Crippen LogP contribution in [0.2, 0.25) is 10.0 Å². The van der Waals surface area contributed by atoms with Crippen molar-refractivity contribution in [3.8, 4) is 0 Å². The summed E-state index contributed by atoms with van der Waals surface area (Å²) in [6, 6.07) is 6.07. The summed E-state index contributed by atoms with van der Waals surface area (Å²) in [6.45, 7) is 7.83. The van der Waals surface area contributed by atoms with Gasteiger partial charge in [0.2, 0.25) is 0 Å². The molecule has 0 saturated heterocycles. The highest BCUT2D eigenvalue weighted by Gasteiger charge is 2.44. The first-order valence-electron chi connectivity index (χ1n) is 6.63. The van der Waals surface area contributed by atoms with Crippen molar-refractivity contribution >= 4 is 23.2 Å². The lowest BCUT2D eigenvalue weighted by molar-refractivity contribution is 0.325. The minimum Gasteiger partial charge on any atom is -0.310 e. The van der Waals surface area contributed by atoms with Gasteiger partial charge in [-0.3, -0.25) is 0 Å². The van der Waals surface area contributed by atoms with Crippen molar-refractivity contribution in [2.24, 2.45) is 11.3 Å². The van der Waals surface area contributed by atoms with Gasteiger partial charge >= 0.3 is 0 Å². The Morgan fingerprint density at radius 3 is 2.44 bits per heavy atom. The molecule has 0 aromatic heterocycles. The average Bonchev–Trinajstić information content (AvgIpc) is 3.11. The molecule has 1 unspecified atom stereocenters. The maximum atomic E-state index is 6.24. The summed E-state index contributed by atoms with van der Waals surface area (Å²) in [7, 11) is 0. The number of halogens is 2. The molecule has 1 saturated carbocycles. The van der Waals surface area contributed by atoms with Crippen LogP contribution in [0.3, 0.4) is 0 Å². The fourth-order valence-corrected chi connectivity index (χ4v) is 2.91. The van der Waals surface area contributed by atoms with Gasteiger partial charge in [0, 0.05) is 12.6 Å². The molecule has 1 aromatic carbocycles. The third kappa shape index (κ3) is 2.84. The van der Waals surface area contributed by atoms with Crippen molar-refractivity contribution in [3.63, 3.8) is 0 Å². The molecule has 1 aliphatic rings. The molecular formula is C15H21Cl2N. The number of nitrogens with one attached hydrogen (secondary N) is 1. The zero-order valence-electron chi connectivity index (χ0n) is 11.3. The Morgan fingerprint density at radius 2 is 1.89 bits per heavy atom. The van der Waals surface area contributed by atoms with Gasteiger partial charge in [-0.2, -0.15) is 0 Å². The van der Waals surface area contributed by atoms with E-state index in [1.54, 1.807) is 0 Å². The molecule has 0 amide bonds. The number of rotatable bonds is 5. The molecule has 0 bridgehead atoms.